The third-order valence-corrected chi connectivity index (χ3v) is 4.06. The van der Waals surface area contributed by atoms with Crippen molar-refractivity contribution in [3.63, 3.8) is 0 Å². The highest BCUT2D eigenvalue weighted by Crippen LogP contribution is 2.24. The Bertz CT molecular complexity index is 648. The number of imidazole rings is 1. The highest BCUT2D eigenvalue weighted by Gasteiger charge is 2.13. The molecule has 1 aromatic heterocycles. The molecule has 5 heteroatoms. The number of rotatable bonds is 4. The van der Waals surface area contributed by atoms with Crippen molar-refractivity contribution in [2.75, 3.05) is 12.0 Å². The van der Waals surface area contributed by atoms with Crippen LogP contribution in [0.5, 0.6) is 0 Å². The summed E-state index contributed by atoms with van der Waals surface area (Å²) in [5.41, 5.74) is 2.70. The predicted molar refractivity (Wildman–Crippen MR) is 79.5 cm³/mol. The molecule has 0 spiro atoms. The third kappa shape index (κ3) is 2.31. The standard InChI is InChI=1S/C13H15N3S2/c1-3-10(8-18-2)16-12-6-9(7-14)4-5-11(12)15-13(16)17/h4-6,10H,3,8H2,1-2H3,(H,15,17). The molecular formula is C13H15N3S2. The van der Waals surface area contributed by atoms with Crippen LogP contribution in [0.3, 0.4) is 0 Å². The first-order chi connectivity index (χ1) is 8.71. The second-order valence-corrected chi connectivity index (χ2v) is 5.46. The lowest BCUT2D eigenvalue weighted by atomic mass is 10.2. The van der Waals surface area contributed by atoms with Crippen molar-refractivity contribution in [1.29, 1.82) is 5.26 Å². The minimum Gasteiger partial charge on any atom is -0.331 e. The number of nitriles is 1. The first-order valence-electron chi connectivity index (χ1n) is 5.84. The average Bonchev–Trinajstić information content (AvgIpc) is 2.71. The lowest BCUT2D eigenvalue weighted by Gasteiger charge is -2.16. The Morgan fingerprint density at radius 2 is 2.33 bits per heavy atom. The summed E-state index contributed by atoms with van der Waals surface area (Å²) < 4.78 is 2.88. The molecule has 94 valence electrons. The molecule has 2 rings (SSSR count). The van der Waals surface area contributed by atoms with Gasteiger partial charge in [-0.2, -0.15) is 17.0 Å². The monoisotopic (exact) mass is 277 g/mol. The van der Waals surface area contributed by atoms with Gasteiger partial charge < -0.3 is 9.55 Å². The van der Waals surface area contributed by atoms with Gasteiger partial charge in [0.1, 0.15) is 0 Å². The van der Waals surface area contributed by atoms with Gasteiger partial charge in [0.2, 0.25) is 0 Å². The van der Waals surface area contributed by atoms with Crippen molar-refractivity contribution in [1.82, 2.24) is 9.55 Å². The minimum atomic E-state index is 0.371. The molecule has 1 heterocycles. The number of thioether (sulfide) groups is 1. The van der Waals surface area contributed by atoms with E-state index in [2.05, 4.69) is 28.8 Å². The molecule has 0 aliphatic heterocycles. The van der Waals surface area contributed by atoms with Crippen LogP contribution in [-0.4, -0.2) is 21.6 Å². The lowest BCUT2D eigenvalue weighted by molar-refractivity contribution is 0.547. The fourth-order valence-corrected chi connectivity index (χ4v) is 3.25. The van der Waals surface area contributed by atoms with E-state index in [1.807, 2.05) is 30.0 Å². The second-order valence-electron chi connectivity index (χ2n) is 4.16. The summed E-state index contributed by atoms with van der Waals surface area (Å²) in [6, 6.07) is 8.19. The summed E-state index contributed by atoms with van der Waals surface area (Å²) in [6.07, 6.45) is 3.13. The van der Waals surface area contributed by atoms with Gasteiger partial charge in [-0.3, -0.25) is 0 Å². The van der Waals surface area contributed by atoms with Crippen LogP contribution in [0.25, 0.3) is 11.0 Å². The number of H-pyrrole nitrogens is 1. The van der Waals surface area contributed by atoms with E-state index in [4.69, 9.17) is 17.5 Å². The van der Waals surface area contributed by atoms with Crippen molar-refractivity contribution in [3.05, 3.63) is 28.5 Å². The van der Waals surface area contributed by atoms with Crippen molar-refractivity contribution in [2.45, 2.75) is 19.4 Å². The summed E-state index contributed by atoms with van der Waals surface area (Å²) in [7, 11) is 0. The van der Waals surface area contributed by atoms with Crippen molar-refractivity contribution in [3.8, 4) is 6.07 Å². The Balaban J connectivity index is 2.64. The van der Waals surface area contributed by atoms with E-state index >= 15 is 0 Å². The van der Waals surface area contributed by atoms with Crippen LogP contribution >= 0.6 is 24.0 Å². The van der Waals surface area contributed by atoms with E-state index in [1.165, 1.54) is 0 Å². The number of aromatic amines is 1. The molecule has 0 radical (unpaired) electrons. The molecule has 18 heavy (non-hydrogen) atoms. The SMILES string of the molecule is CCC(CSC)n1c(=S)[nH]c2ccc(C#N)cc21. The molecule has 2 aromatic rings. The van der Waals surface area contributed by atoms with Crippen molar-refractivity contribution in [2.24, 2.45) is 0 Å². The van der Waals surface area contributed by atoms with Gasteiger partial charge in [-0.05, 0) is 43.1 Å². The second kappa shape index (κ2) is 5.59. The number of benzene rings is 1. The Hall–Kier alpha value is -1.25. The largest absolute Gasteiger partial charge is 0.331 e. The molecule has 0 bridgehead atoms. The molecule has 1 atom stereocenters. The number of hydrogen-bond acceptors (Lipinski definition) is 3. The molecule has 0 saturated heterocycles. The van der Waals surface area contributed by atoms with Crippen LogP contribution in [0.15, 0.2) is 18.2 Å². The van der Waals surface area contributed by atoms with E-state index in [0.717, 1.165) is 28.0 Å². The van der Waals surface area contributed by atoms with Crippen LogP contribution in [0.4, 0.5) is 0 Å². The van der Waals surface area contributed by atoms with Gasteiger partial charge in [0, 0.05) is 11.8 Å². The molecule has 3 nitrogen and oxygen atoms in total. The number of nitrogens with one attached hydrogen (secondary N) is 1. The van der Waals surface area contributed by atoms with Crippen LogP contribution in [0.2, 0.25) is 0 Å². The van der Waals surface area contributed by atoms with Gasteiger partial charge in [0.05, 0.1) is 22.7 Å². The van der Waals surface area contributed by atoms with Gasteiger partial charge in [0.25, 0.3) is 0 Å². The normalized spacial score (nSPS) is 12.5. The van der Waals surface area contributed by atoms with Crippen LogP contribution in [-0.2, 0) is 0 Å². The van der Waals surface area contributed by atoms with E-state index < -0.39 is 0 Å². The Labute approximate surface area is 116 Å². The number of fused-ring (bicyclic) bond motifs is 1. The zero-order valence-corrected chi connectivity index (χ0v) is 12.1. The zero-order chi connectivity index (χ0) is 13.1. The van der Waals surface area contributed by atoms with Crippen LogP contribution in [0, 0.1) is 16.1 Å². The highest BCUT2D eigenvalue weighted by molar-refractivity contribution is 7.98. The quantitative estimate of drug-likeness (QED) is 0.862. The van der Waals surface area contributed by atoms with Gasteiger partial charge in [0.15, 0.2) is 4.77 Å². The fourth-order valence-electron chi connectivity index (χ4n) is 2.12. The van der Waals surface area contributed by atoms with E-state index in [1.54, 1.807) is 0 Å². The molecule has 0 amide bonds. The average molecular weight is 277 g/mol. The fraction of sp³-hybridized carbons (Fsp3) is 0.385. The lowest BCUT2D eigenvalue weighted by Crippen LogP contribution is -2.10. The number of hydrogen-bond donors (Lipinski definition) is 1. The molecular weight excluding hydrogens is 262 g/mol. The molecule has 1 unspecified atom stereocenters. The molecule has 0 saturated carbocycles. The first kappa shape index (κ1) is 13.2. The highest BCUT2D eigenvalue weighted by atomic mass is 32.2. The third-order valence-electron chi connectivity index (χ3n) is 3.04. The Morgan fingerprint density at radius 3 is 2.94 bits per heavy atom. The number of aromatic nitrogens is 2. The van der Waals surface area contributed by atoms with E-state index in [-0.39, 0.29) is 0 Å². The van der Waals surface area contributed by atoms with Gasteiger partial charge >= 0.3 is 0 Å². The van der Waals surface area contributed by atoms with Crippen molar-refractivity contribution < 1.29 is 0 Å². The van der Waals surface area contributed by atoms with E-state index in [0.29, 0.717) is 11.6 Å². The summed E-state index contributed by atoms with van der Waals surface area (Å²) in [6.45, 7) is 2.16. The molecule has 0 aliphatic carbocycles. The van der Waals surface area contributed by atoms with Crippen LogP contribution < -0.4 is 0 Å². The maximum atomic E-state index is 8.99. The van der Waals surface area contributed by atoms with Gasteiger partial charge in [-0.15, -0.1) is 0 Å². The van der Waals surface area contributed by atoms with Gasteiger partial charge in [-0.1, -0.05) is 6.92 Å². The summed E-state index contributed by atoms with van der Waals surface area (Å²) in [5.74, 6) is 1.02. The summed E-state index contributed by atoms with van der Waals surface area (Å²) in [5, 5.41) is 8.99. The van der Waals surface area contributed by atoms with Gasteiger partial charge in [-0.25, -0.2) is 0 Å². The minimum absolute atomic E-state index is 0.371. The Kier molecular flexibility index (Phi) is 4.10. The summed E-state index contributed by atoms with van der Waals surface area (Å²) >= 11 is 7.22. The van der Waals surface area contributed by atoms with E-state index in [9.17, 15) is 0 Å². The smallest absolute Gasteiger partial charge is 0.178 e. The first-order valence-corrected chi connectivity index (χ1v) is 7.64. The zero-order valence-electron chi connectivity index (χ0n) is 10.4. The molecule has 0 fully saturated rings. The van der Waals surface area contributed by atoms with Crippen molar-refractivity contribution >= 4 is 35.0 Å². The van der Waals surface area contributed by atoms with Crippen LogP contribution in [0.1, 0.15) is 24.9 Å². The molecule has 1 N–H and O–H groups in total. The molecule has 1 aromatic carbocycles. The number of nitrogens with zero attached hydrogens (tertiary/aromatic N) is 2. The Morgan fingerprint density at radius 1 is 1.56 bits per heavy atom. The summed E-state index contributed by atoms with van der Waals surface area (Å²) in [4.78, 5) is 3.21. The maximum absolute atomic E-state index is 8.99. The molecule has 0 aliphatic rings. The predicted octanol–water partition coefficient (Wildman–Crippen LogP) is 3.88. The maximum Gasteiger partial charge on any atom is 0.178 e. The topological polar surface area (TPSA) is 44.5 Å².